The van der Waals surface area contributed by atoms with Gasteiger partial charge in [0.25, 0.3) is 0 Å². The largest absolute Gasteiger partial charge is 0.398 e. The van der Waals surface area contributed by atoms with Gasteiger partial charge in [0.2, 0.25) is 0 Å². The van der Waals surface area contributed by atoms with Crippen LogP contribution in [-0.4, -0.2) is 21.1 Å². The number of anilines is 3. The van der Waals surface area contributed by atoms with Crippen LogP contribution in [0.25, 0.3) is 54.6 Å². The lowest BCUT2D eigenvalue weighted by Gasteiger charge is -2.24. The first-order valence-electron chi connectivity index (χ1n) is 16.4. The van der Waals surface area contributed by atoms with Crippen LogP contribution < -0.4 is 16.0 Å². The molecule has 0 spiro atoms. The van der Waals surface area contributed by atoms with Crippen LogP contribution in [0.5, 0.6) is 0 Å². The molecule has 0 bridgehead atoms. The van der Waals surface area contributed by atoms with Gasteiger partial charge in [0.1, 0.15) is 0 Å². The van der Waals surface area contributed by atoms with E-state index in [0.717, 1.165) is 16.8 Å². The highest BCUT2D eigenvalue weighted by Crippen LogP contribution is 2.45. The first-order valence-corrected chi connectivity index (χ1v) is 16.4. The van der Waals surface area contributed by atoms with Gasteiger partial charge in [-0.1, -0.05) is 108 Å². The monoisotopic (exact) mass is 593 g/mol. The summed E-state index contributed by atoms with van der Waals surface area (Å²) in [5.74, 6) is 1.20. The molecule has 0 aromatic heterocycles. The van der Waals surface area contributed by atoms with Crippen molar-refractivity contribution in [2.45, 2.75) is 59.3 Å². The Labute approximate surface area is 269 Å². The summed E-state index contributed by atoms with van der Waals surface area (Å²) in [5, 5.41) is 11.2. The van der Waals surface area contributed by atoms with Gasteiger partial charge in [0.15, 0.2) is 0 Å². The van der Waals surface area contributed by atoms with Crippen molar-refractivity contribution in [1.82, 2.24) is 0 Å². The molecule has 0 aliphatic heterocycles. The summed E-state index contributed by atoms with van der Waals surface area (Å²) in [5.41, 5.74) is 18.7. The van der Waals surface area contributed by atoms with Gasteiger partial charge in [-0.05, 0) is 79.9 Å². The van der Waals surface area contributed by atoms with E-state index in [-0.39, 0.29) is 0 Å². The number of hydrogen-bond acceptors (Lipinski definition) is 3. The van der Waals surface area contributed by atoms with E-state index in [1.165, 1.54) is 71.6 Å². The number of nitrogens with two attached hydrogens (primary N) is 1. The third kappa shape index (κ3) is 5.19. The van der Waals surface area contributed by atoms with Crippen LogP contribution >= 0.6 is 0 Å². The molecule has 0 heterocycles. The Balaban J connectivity index is 1.66. The summed E-state index contributed by atoms with van der Waals surface area (Å²) in [6.45, 7) is 13.7. The third-order valence-electron chi connectivity index (χ3n) is 9.48. The topological polar surface area (TPSA) is 41.3 Å². The van der Waals surface area contributed by atoms with E-state index in [9.17, 15) is 0 Å². The van der Waals surface area contributed by atoms with Crippen LogP contribution in [0, 0.1) is 0 Å². The summed E-state index contributed by atoms with van der Waals surface area (Å²) in [6, 6.07) is 31.7. The second-order valence-corrected chi connectivity index (χ2v) is 13.7. The van der Waals surface area contributed by atoms with Crippen molar-refractivity contribution in [3.05, 3.63) is 102 Å². The van der Waals surface area contributed by atoms with Crippen molar-refractivity contribution in [2.75, 3.05) is 37.1 Å². The van der Waals surface area contributed by atoms with Crippen LogP contribution in [0.4, 0.5) is 17.1 Å². The quantitative estimate of drug-likeness (QED) is 0.181. The first-order chi connectivity index (χ1) is 21.5. The molecule has 0 saturated carbocycles. The molecule has 0 amide bonds. The molecule has 0 aliphatic rings. The summed E-state index contributed by atoms with van der Waals surface area (Å²) < 4.78 is 0. The lowest BCUT2D eigenvalue weighted by Crippen LogP contribution is -2.11. The van der Waals surface area contributed by atoms with Crippen LogP contribution in [0.1, 0.15) is 76.0 Å². The van der Waals surface area contributed by atoms with Gasteiger partial charge in [-0.15, -0.1) is 0 Å². The van der Waals surface area contributed by atoms with Crippen LogP contribution in [0.3, 0.4) is 0 Å². The van der Waals surface area contributed by atoms with E-state index >= 15 is 0 Å². The van der Waals surface area contributed by atoms with Crippen molar-refractivity contribution in [3.8, 4) is 22.3 Å². The zero-order valence-corrected chi connectivity index (χ0v) is 28.3. The van der Waals surface area contributed by atoms with Gasteiger partial charge in [-0.25, -0.2) is 0 Å². The minimum absolute atomic E-state index is 0.367. The highest BCUT2D eigenvalue weighted by atomic mass is 15.1. The summed E-state index contributed by atoms with van der Waals surface area (Å²) >= 11 is 0. The average Bonchev–Trinajstić information content (AvgIpc) is 3.02. The Kier molecular flexibility index (Phi) is 7.99. The minimum Gasteiger partial charge on any atom is -0.398 e. The van der Waals surface area contributed by atoms with Gasteiger partial charge in [-0.2, -0.15) is 0 Å². The molecule has 3 N–H and O–H groups in total. The van der Waals surface area contributed by atoms with Gasteiger partial charge in [-0.3, -0.25) is 0 Å². The predicted molar refractivity (Wildman–Crippen MR) is 200 cm³/mol. The number of nitrogens with one attached hydrogen (secondary N) is 1. The molecule has 0 saturated heterocycles. The summed E-state index contributed by atoms with van der Waals surface area (Å²) in [7, 11) is 6.38. The Morgan fingerprint density at radius 2 is 1.04 bits per heavy atom. The van der Waals surface area contributed by atoms with Crippen molar-refractivity contribution in [3.63, 3.8) is 0 Å². The zero-order chi connectivity index (χ0) is 32.2. The van der Waals surface area contributed by atoms with Crippen LogP contribution in [0.2, 0.25) is 0 Å². The SMILES string of the molecule is CNc1c(-c2cc(C(C)C)c3cccc(N)c3c2)ccc2c(C(C)C)cc(-c3ccc4c(C(C)C)cccc4c3N(C)C)cc12. The fourth-order valence-electron chi connectivity index (χ4n) is 7.26. The van der Waals surface area contributed by atoms with Gasteiger partial charge >= 0.3 is 0 Å². The van der Waals surface area contributed by atoms with Crippen molar-refractivity contribution in [2.24, 2.45) is 0 Å². The van der Waals surface area contributed by atoms with Gasteiger partial charge in [0, 0.05) is 59.8 Å². The number of benzene rings is 6. The highest BCUT2D eigenvalue weighted by Gasteiger charge is 2.20. The number of fused-ring (bicyclic) bond motifs is 3. The van der Waals surface area contributed by atoms with Crippen LogP contribution in [0.15, 0.2) is 84.9 Å². The molecular weight excluding hydrogens is 546 g/mol. The van der Waals surface area contributed by atoms with Crippen LogP contribution in [-0.2, 0) is 0 Å². The predicted octanol–water partition coefficient (Wildman–Crippen LogP) is 11.5. The molecule has 0 unspecified atom stereocenters. The molecule has 6 aromatic rings. The first kappa shape index (κ1) is 30.5. The molecule has 3 heteroatoms. The number of nitrogens with zero attached hydrogens (tertiary/aromatic N) is 1. The molecule has 230 valence electrons. The van der Waals surface area contributed by atoms with E-state index in [2.05, 4.69) is 145 Å². The summed E-state index contributed by atoms with van der Waals surface area (Å²) in [4.78, 5) is 2.28. The number of hydrogen-bond donors (Lipinski definition) is 2. The molecule has 0 radical (unpaired) electrons. The molecule has 3 nitrogen and oxygen atoms in total. The molecular formula is C42H47N3. The molecule has 0 fully saturated rings. The normalized spacial score (nSPS) is 11.9. The van der Waals surface area contributed by atoms with E-state index in [1.54, 1.807) is 0 Å². The fraction of sp³-hybridized carbons (Fsp3) is 0.286. The zero-order valence-electron chi connectivity index (χ0n) is 28.3. The molecule has 6 rings (SSSR count). The molecule has 45 heavy (non-hydrogen) atoms. The maximum absolute atomic E-state index is 6.55. The number of nitrogen functional groups attached to an aromatic ring is 1. The molecule has 0 atom stereocenters. The Hall–Kier alpha value is -4.50. The lowest BCUT2D eigenvalue weighted by atomic mass is 9.86. The van der Waals surface area contributed by atoms with E-state index in [1.807, 2.05) is 13.1 Å². The maximum Gasteiger partial charge on any atom is 0.0520 e. The number of rotatable bonds is 7. The standard InChI is InChI=1S/C42H47N3/c1-24(2)29-12-10-14-35-33(29)19-17-31(42(35)45(8)9)28-21-37(26(5)6)34-18-16-30(41(44-7)39(34)23-28)27-20-36(25(3)4)32-13-11-15-40(43)38(32)22-27/h10-26,44H,43H2,1-9H3. The van der Waals surface area contributed by atoms with E-state index < -0.39 is 0 Å². The van der Waals surface area contributed by atoms with E-state index in [0.29, 0.717) is 17.8 Å². The van der Waals surface area contributed by atoms with Gasteiger partial charge in [0.05, 0.1) is 5.69 Å². The lowest BCUT2D eigenvalue weighted by molar-refractivity contribution is 0.876. The Morgan fingerprint density at radius 3 is 1.64 bits per heavy atom. The third-order valence-corrected chi connectivity index (χ3v) is 9.48. The maximum atomic E-state index is 6.55. The van der Waals surface area contributed by atoms with Crippen molar-refractivity contribution >= 4 is 49.4 Å². The second-order valence-electron chi connectivity index (χ2n) is 13.7. The average molecular weight is 594 g/mol. The van der Waals surface area contributed by atoms with Crippen molar-refractivity contribution < 1.29 is 0 Å². The smallest absolute Gasteiger partial charge is 0.0520 e. The Morgan fingerprint density at radius 1 is 0.533 bits per heavy atom. The fourth-order valence-corrected chi connectivity index (χ4v) is 7.26. The minimum atomic E-state index is 0.367. The van der Waals surface area contributed by atoms with Gasteiger partial charge < -0.3 is 16.0 Å². The van der Waals surface area contributed by atoms with E-state index in [4.69, 9.17) is 5.73 Å². The highest BCUT2D eigenvalue weighted by molar-refractivity contribution is 6.09. The second kappa shape index (κ2) is 11.8. The molecule has 0 aliphatic carbocycles. The van der Waals surface area contributed by atoms with Crippen molar-refractivity contribution in [1.29, 1.82) is 0 Å². The summed E-state index contributed by atoms with van der Waals surface area (Å²) in [6.07, 6.45) is 0. The Bertz CT molecular complexity index is 2060. The molecule has 6 aromatic carbocycles.